The fourth-order valence-corrected chi connectivity index (χ4v) is 4.51. The summed E-state index contributed by atoms with van der Waals surface area (Å²) in [6.45, 7) is 2.51. The zero-order chi connectivity index (χ0) is 21.1. The molecule has 0 fully saturated rings. The number of aromatic carboxylic acids is 2. The van der Waals surface area contributed by atoms with Crippen LogP contribution in [0, 0.1) is 0 Å². The van der Waals surface area contributed by atoms with Crippen LogP contribution < -0.4 is 9.47 Å². The van der Waals surface area contributed by atoms with Gasteiger partial charge in [-0.25, -0.2) is 9.59 Å². The van der Waals surface area contributed by atoms with Gasteiger partial charge >= 0.3 is 11.9 Å². The molecular formula is C22H34O6S. The lowest BCUT2D eigenvalue weighted by molar-refractivity contribution is 0.0621. The number of carbonyl (C=O) groups is 2. The zero-order valence-electron chi connectivity index (χ0n) is 17.4. The molecule has 1 unspecified atom stereocenters. The highest BCUT2D eigenvalue weighted by Gasteiger charge is 2.34. The van der Waals surface area contributed by atoms with Crippen LogP contribution in [0.25, 0.3) is 0 Å². The Morgan fingerprint density at radius 3 is 1.83 bits per heavy atom. The van der Waals surface area contributed by atoms with Gasteiger partial charge in [-0.05, 0) is 12.8 Å². The van der Waals surface area contributed by atoms with Crippen molar-refractivity contribution in [2.24, 2.45) is 0 Å². The van der Waals surface area contributed by atoms with Crippen LogP contribution in [0.1, 0.15) is 110 Å². The van der Waals surface area contributed by atoms with Crippen LogP contribution in [0.4, 0.5) is 0 Å². The van der Waals surface area contributed by atoms with Crippen LogP contribution in [0.15, 0.2) is 0 Å². The van der Waals surface area contributed by atoms with Gasteiger partial charge in [0.25, 0.3) is 0 Å². The van der Waals surface area contributed by atoms with E-state index < -0.39 is 11.9 Å². The van der Waals surface area contributed by atoms with E-state index in [9.17, 15) is 19.8 Å². The molecule has 0 amide bonds. The van der Waals surface area contributed by atoms with Gasteiger partial charge in [0.2, 0.25) is 0 Å². The van der Waals surface area contributed by atoms with Gasteiger partial charge in [0.1, 0.15) is 12.7 Å². The first-order valence-electron chi connectivity index (χ1n) is 11.0. The summed E-state index contributed by atoms with van der Waals surface area (Å²) < 4.78 is 11.4. The first-order valence-corrected chi connectivity index (χ1v) is 11.8. The third-order valence-electron chi connectivity index (χ3n) is 5.29. The van der Waals surface area contributed by atoms with Crippen LogP contribution in [-0.2, 0) is 0 Å². The van der Waals surface area contributed by atoms with E-state index in [2.05, 4.69) is 6.92 Å². The molecular weight excluding hydrogens is 392 g/mol. The molecule has 0 bridgehead atoms. The summed E-state index contributed by atoms with van der Waals surface area (Å²) in [5.74, 6) is -2.24. The molecule has 6 nitrogen and oxygen atoms in total. The molecule has 1 aliphatic heterocycles. The van der Waals surface area contributed by atoms with E-state index >= 15 is 0 Å². The van der Waals surface area contributed by atoms with E-state index in [-0.39, 0.29) is 34.0 Å². The molecule has 1 atom stereocenters. The van der Waals surface area contributed by atoms with Crippen molar-refractivity contribution in [3.8, 4) is 11.5 Å². The maximum Gasteiger partial charge on any atom is 0.349 e. The minimum atomic E-state index is -1.19. The molecule has 1 aliphatic rings. The van der Waals surface area contributed by atoms with E-state index in [1.165, 1.54) is 64.2 Å². The fourth-order valence-electron chi connectivity index (χ4n) is 3.65. The Balaban J connectivity index is 1.60. The van der Waals surface area contributed by atoms with Crippen LogP contribution >= 0.6 is 11.3 Å². The monoisotopic (exact) mass is 426 g/mol. The number of rotatable bonds is 15. The third-order valence-corrected chi connectivity index (χ3v) is 6.42. The van der Waals surface area contributed by atoms with Crippen molar-refractivity contribution in [1.29, 1.82) is 0 Å². The molecule has 0 aromatic carbocycles. The number of unbranched alkanes of at least 4 members (excludes halogenated alkanes) is 11. The minimum absolute atomic E-state index is 0.0610. The lowest BCUT2D eigenvalue weighted by atomic mass is 10.0. The third kappa shape index (κ3) is 7.53. The second-order valence-corrected chi connectivity index (χ2v) is 8.78. The predicted octanol–water partition coefficient (Wildman–Crippen LogP) is 6.38. The first kappa shape index (κ1) is 23.5. The fraction of sp³-hybridized carbons (Fsp3) is 0.727. The van der Waals surface area contributed by atoms with Crippen LogP contribution in [0.5, 0.6) is 11.5 Å². The molecule has 0 saturated heterocycles. The van der Waals surface area contributed by atoms with Gasteiger partial charge in [-0.3, -0.25) is 0 Å². The van der Waals surface area contributed by atoms with Gasteiger partial charge < -0.3 is 19.7 Å². The molecule has 1 aromatic rings. The minimum Gasteiger partial charge on any atom is -0.484 e. The summed E-state index contributed by atoms with van der Waals surface area (Å²) in [6, 6.07) is 0. The number of thiophene rings is 1. The first-order chi connectivity index (χ1) is 14.0. The second-order valence-electron chi connectivity index (χ2n) is 7.76. The molecule has 0 spiro atoms. The Morgan fingerprint density at radius 1 is 0.828 bits per heavy atom. The number of hydrogen-bond acceptors (Lipinski definition) is 5. The van der Waals surface area contributed by atoms with Gasteiger partial charge in [-0.1, -0.05) is 77.6 Å². The van der Waals surface area contributed by atoms with E-state index in [4.69, 9.17) is 9.47 Å². The van der Waals surface area contributed by atoms with Crippen molar-refractivity contribution < 1.29 is 29.3 Å². The number of fused-ring (bicyclic) bond motifs is 1. The maximum absolute atomic E-state index is 11.4. The quantitative estimate of drug-likeness (QED) is 0.316. The summed E-state index contributed by atoms with van der Waals surface area (Å²) >= 11 is 0.691. The van der Waals surface area contributed by atoms with Crippen molar-refractivity contribution in [2.45, 2.75) is 96.5 Å². The lowest BCUT2D eigenvalue weighted by Gasteiger charge is -2.25. The molecule has 7 heteroatoms. The predicted molar refractivity (Wildman–Crippen MR) is 114 cm³/mol. The van der Waals surface area contributed by atoms with Gasteiger partial charge in [0.05, 0.1) is 0 Å². The SMILES string of the molecule is CCCCCCCCCCCCCCC1COc2c(C(=O)O)sc(C(=O)O)c2O1. The molecule has 0 saturated carbocycles. The van der Waals surface area contributed by atoms with Crippen LogP contribution in [0.3, 0.4) is 0 Å². The molecule has 0 radical (unpaired) electrons. The summed E-state index contributed by atoms with van der Waals surface area (Å²) in [5, 5.41) is 18.5. The number of carboxylic acid groups (broad SMARTS) is 2. The number of ether oxygens (including phenoxy) is 2. The molecule has 0 aliphatic carbocycles. The van der Waals surface area contributed by atoms with Crippen molar-refractivity contribution in [3.63, 3.8) is 0 Å². The molecule has 2 rings (SSSR count). The van der Waals surface area contributed by atoms with Crippen LogP contribution in [0.2, 0.25) is 0 Å². The average molecular weight is 427 g/mol. The highest BCUT2D eigenvalue weighted by molar-refractivity contribution is 7.16. The highest BCUT2D eigenvalue weighted by Crippen LogP contribution is 2.45. The van der Waals surface area contributed by atoms with Gasteiger partial charge in [0.15, 0.2) is 21.3 Å². The smallest absolute Gasteiger partial charge is 0.349 e. The molecule has 29 heavy (non-hydrogen) atoms. The zero-order valence-corrected chi connectivity index (χ0v) is 18.2. The highest BCUT2D eigenvalue weighted by atomic mass is 32.1. The van der Waals surface area contributed by atoms with E-state index in [0.29, 0.717) is 11.3 Å². The lowest BCUT2D eigenvalue weighted by Crippen LogP contribution is -2.29. The standard InChI is InChI=1S/C22H34O6S/c1-2-3-4-5-6-7-8-9-10-11-12-13-14-16-15-27-17-18(28-16)20(22(25)26)29-19(17)21(23)24/h16H,2-15H2,1H3,(H,23,24)(H,25,26). The maximum atomic E-state index is 11.4. The Bertz CT molecular complexity index is 654. The van der Waals surface area contributed by atoms with Crippen LogP contribution in [-0.4, -0.2) is 34.9 Å². The molecule has 164 valence electrons. The van der Waals surface area contributed by atoms with Crippen molar-refractivity contribution in [2.75, 3.05) is 6.61 Å². The Hall–Kier alpha value is -1.76. The summed E-state index contributed by atoms with van der Waals surface area (Å²) in [7, 11) is 0. The van der Waals surface area contributed by atoms with Crippen molar-refractivity contribution in [3.05, 3.63) is 9.75 Å². The van der Waals surface area contributed by atoms with E-state index in [1.807, 2.05) is 0 Å². The summed E-state index contributed by atoms with van der Waals surface area (Å²) in [5.41, 5.74) is 0. The topological polar surface area (TPSA) is 93.1 Å². The molecule has 2 heterocycles. The normalized spacial score (nSPS) is 15.4. The van der Waals surface area contributed by atoms with Gasteiger partial charge in [0, 0.05) is 0 Å². The Labute approximate surface area is 177 Å². The average Bonchev–Trinajstić information content (AvgIpc) is 3.08. The van der Waals surface area contributed by atoms with E-state index in [1.54, 1.807) is 0 Å². The van der Waals surface area contributed by atoms with Crippen molar-refractivity contribution in [1.82, 2.24) is 0 Å². The Morgan fingerprint density at radius 2 is 1.31 bits per heavy atom. The second kappa shape index (κ2) is 12.7. The van der Waals surface area contributed by atoms with E-state index in [0.717, 1.165) is 19.3 Å². The van der Waals surface area contributed by atoms with Gasteiger partial charge in [-0.15, -0.1) is 11.3 Å². The Kier molecular flexibility index (Phi) is 10.3. The molecule has 1 aromatic heterocycles. The number of hydrogen-bond donors (Lipinski definition) is 2. The number of carboxylic acids is 2. The van der Waals surface area contributed by atoms with Crippen molar-refractivity contribution >= 4 is 23.3 Å². The summed E-state index contributed by atoms with van der Waals surface area (Å²) in [6.07, 6.45) is 15.9. The molecule has 2 N–H and O–H groups in total. The van der Waals surface area contributed by atoms with Gasteiger partial charge in [-0.2, -0.15) is 0 Å². The summed E-state index contributed by atoms with van der Waals surface area (Å²) in [4.78, 5) is 22.4. The largest absolute Gasteiger partial charge is 0.484 e.